The van der Waals surface area contributed by atoms with Crippen LogP contribution >= 0.6 is 11.6 Å². The topological polar surface area (TPSA) is 49.4 Å². The number of rotatable bonds is 4. The van der Waals surface area contributed by atoms with Crippen molar-refractivity contribution in [3.05, 3.63) is 34.6 Å². The summed E-state index contributed by atoms with van der Waals surface area (Å²) >= 11 is 5.98. The lowest BCUT2D eigenvalue weighted by molar-refractivity contribution is -0.145. The third-order valence-corrected chi connectivity index (χ3v) is 3.71. The van der Waals surface area contributed by atoms with Crippen LogP contribution in [0, 0.1) is 11.7 Å². The van der Waals surface area contributed by atoms with E-state index in [4.69, 9.17) is 11.6 Å². The molecule has 1 unspecified atom stereocenters. The molecule has 0 aromatic heterocycles. The van der Waals surface area contributed by atoms with Gasteiger partial charge in [-0.15, -0.1) is 0 Å². The van der Waals surface area contributed by atoms with Crippen molar-refractivity contribution >= 4 is 23.4 Å². The second kappa shape index (κ2) is 6.43. The van der Waals surface area contributed by atoms with E-state index in [0.717, 1.165) is 0 Å². The van der Waals surface area contributed by atoms with Crippen molar-refractivity contribution in [1.82, 2.24) is 10.2 Å². The molecule has 0 bridgehead atoms. The molecule has 0 spiro atoms. The van der Waals surface area contributed by atoms with Gasteiger partial charge in [-0.05, 0) is 30.0 Å². The van der Waals surface area contributed by atoms with Crippen LogP contribution in [0.25, 0.3) is 0 Å². The highest BCUT2D eigenvalue weighted by Gasteiger charge is 2.33. The van der Waals surface area contributed by atoms with Crippen LogP contribution in [-0.4, -0.2) is 29.3 Å². The van der Waals surface area contributed by atoms with Gasteiger partial charge in [-0.3, -0.25) is 9.59 Å². The minimum absolute atomic E-state index is 0.00112. The molecule has 2 rings (SSSR count). The zero-order valence-electron chi connectivity index (χ0n) is 12.0. The maximum Gasteiger partial charge on any atom is 0.245 e. The fourth-order valence-electron chi connectivity index (χ4n) is 2.39. The van der Waals surface area contributed by atoms with Gasteiger partial charge in [0.05, 0.1) is 6.54 Å². The van der Waals surface area contributed by atoms with E-state index in [2.05, 4.69) is 5.32 Å². The average Bonchev–Trinajstić information content (AvgIpc) is 2.37. The third-order valence-electron chi connectivity index (χ3n) is 3.36. The van der Waals surface area contributed by atoms with Gasteiger partial charge in [0.1, 0.15) is 11.9 Å². The Bertz CT molecular complexity index is 563. The van der Waals surface area contributed by atoms with E-state index in [0.29, 0.717) is 17.9 Å². The number of hydrogen-bond acceptors (Lipinski definition) is 2. The van der Waals surface area contributed by atoms with Crippen LogP contribution in [0.15, 0.2) is 18.2 Å². The van der Waals surface area contributed by atoms with Crippen LogP contribution in [0.2, 0.25) is 5.02 Å². The lowest BCUT2D eigenvalue weighted by Gasteiger charge is -2.33. The fourth-order valence-corrected chi connectivity index (χ4v) is 2.62. The highest BCUT2D eigenvalue weighted by Crippen LogP contribution is 2.21. The van der Waals surface area contributed by atoms with Gasteiger partial charge < -0.3 is 10.2 Å². The molecule has 1 fully saturated rings. The zero-order chi connectivity index (χ0) is 15.6. The van der Waals surface area contributed by atoms with E-state index in [1.165, 1.54) is 23.1 Å². The first-order valence-corrected chi connectivity index (χ1v) is 7.26. The van der Waals surface area contributed by atoms with E-state index in [1.807, 2.05) is 13.8 Å². The number of carbonyl (C=O) groups is 2. The van der Waals surface area contributed by atoms with Crippen molar-refractivity contribution in [1.29, 1.82) is 0 Å². The minimum Gasteiger partial charge on any atom is -0.343 e. The first kappa shape index (κ1) is 15.8. The van der Waals surface area contributed by atoms with Gasteiger partial charge in [-0.1, -0.05) is 31.5 Å². The molecule has 1 atom stereocenters. The smallest absolute Gasteiger partial charge is 0.245 e. The van der Waals surface area contributed by atoms with Gasteiger partial charge in [0.15, 0.2) is 0 Å². The highest BCUT2D eigenvalue weighted by atomic mass is 35.5. The minimum atomic E-state index is -0.495. The first-order chi connectivity index (χ1) is 9.86. The number of hydrogen-bond donors (Lipinski definition) is 1. The summed E-state index contributed by atoms with van der Waals surface area (Å²) in [5.74, 6) is -0.431. The SMILES string of the molecule is CC(C)CC1NC(=O)CN(Cc2ccc(F)cc2Cl)C1=O. The molecule has 1 aliphatic heterocycles. The summed E-state index contributed by atoms with van der Waals surface area (Å²) in [5, 5.41) is 2.97. The Morgan fingerprint density at radius 1 is 1.43 bits per heavy atom. The normalized spacial score (nSPS) is 19.1. The van der Waals surface area contributed by atoms with Crippen molar-refractivity contribution in [2.75, 3.05) is 6.54 Å². The summed E-state index contributed by atoms with van der Waals surface area (Å²) in [6, 6.07) is 3.54. The number of nitrogens with one attached hydrogen (secondary N) is 1. The van der Waals surface area contributed by atoms with Crippen LogP contribution in [-0.2, 0) is 16.1 Å². The number of benzene rings is 1. The van der Waals surface area contributed by atoms with Crippen molar-refractivity contribution in [2.45, 2.75) is 32.9 Å². The molecule has 1 aromatic rings. The van der Waals surface area contributed by atoms with Gasteiger partial charge in [-0.2, -0.15) is 0 Å². The standard InChI is InChI=1S/C15H18ClFN2O2/c1-9(2)5-13-15(21)19(8-14(20)18-13)7-10-3-4-11(17)6-12(10)16/h3-4,6,9,13H,5,7-8H2,1-2H3,(H,18,20). The summed E-state index contributed by atoms with van der Waals surface area (Å²) in [5.41, 5.74) is 0.629. The Kier molecular flexibility index (Phi) is 4.83. The number of amides is 2. The fraction of sp³-hybridized carbons (Fsp3) is 0.467. The Balaban J connectivity index is 2.14. The molecular weight excluding hydrogens is 295 g/mol. The third kappa shape index (κ3) is 3.94. The molecule has 0 radical (unpaired) electrons. The Morgan fingerprint density at radius 2 is 2.14 bits per heavy atom. The average molecular weight is 313 g/mol. The quantitative estimate of drug-likeness (QED) is 0.928. The molecule has 1 saturated heterocycles. The van der Waals surface area contributed by atoms with Gasteiger partial charge in [0, 0.05) is 11.6 Å². The largest absolute Gasteiger partial charge is 0.343 e. The van der Waals surface area contributed by atoms with E-state index < -0.39 is 11.9 Å². The van der Waals surface area contributed by atoms with Crippen LogP contribution in [0.5, 0.6) is 0 Å². The Labute approximate surface area is 128 Å². The van der Waals surface area contributed by atoms with Crippen LogP contribution < -0.4 is 5.32 Å². The maximum atomic E-state index is 13.0. The van der Waals surface area contributed by atoms with E-state index in [9.17, 15) is 14.0 Å². The lowest BCUT2D eigenvalue weighted by Crippen LogP contribution is -2.57. The van der Waals surface area contributed by atoms with Crippen LogP contribution in [0.1, 0.15) is 25.8 Å². The maximum absolute atomic E-state index is 13.0. The number of carbonyl (C=O) groups excluding carboxylic acids is 2. The van der Waals surface area contributed by atoms with E-state index >= 15 is 0 Å². The van der Waals surface area contributed by atoms with Crippen LogP contribution in [0.3, 0.4) is 0 Å². The molecule has 0 saturated carbocycles. The van der Waals surface area contributed by atoms with Gasteiger partial charge in [0.2, 0.25) is 11.8 Å². The molecule has 1 heterocycles. The predicted octanol–water partition coefficient (Wildman–Crippen LogP) is 2.35. The molecule has 1 aliphatic rings. The monoisotopic (exact) mass is 312 g/mol. The molecular formula is C15H18ClFN2O2. The number of halogens is 2. The summed E-state index contributed by atoms with van der Waals surface area (Å²) in [4.78, 5) is 25.6. The molecule has 1 N–H and O–H groups in total. The summed E-state index contributed by atoms with van der Waals surface area (Å²) in [6.45, 7) is 4.20. The summed E-state index contributed by atoms with van der Waals surface area (Å²) in [6.07, 6.45) is 0.595. The molecule has 1 aromatic carbocycles. The van der Waals surface area contributed by atoms with Gasteiger partial charge >= 0.3 is 0 Å². The van der Waals surface area contributed by atoms with E-state index in [1.54, 1.807) is 0 Å². The first-order valence-electron chi connectivity index (χ1n) is 6.89. The molecule has 6 heteroatoms. The molecule has 114 valence electrons. The number of nitrogens with zero attached hydrogens (tertiary/aromatic N) is 1. The van der Waals surface area contributed by atoms with Crippen LogP contribution in [0.4, 0.5) is 4.39 Å². The molecule has 0 aliphatic carbocycles. The van der Waals surface area contributed by atoms with Crippen molar-refractivity contribution < 1.29 is 14.0 Å². The second-order valence-corrected chi connectivity index (χ2v) is 6.09. The number of piperazine rings is 1. The van der Waals surface area contributed by atoms with Crippen molar-refractivity contribution in [2.24, 2.45) is 5.92 Å². The molecule has 2 amide bonds. The van der Waals surface area contributed by atoms with E-state index in [-0.39, 0.29) is 29.9 Å². The lowest BCUT2D eigenvalue weighted by atomic mass is 10.0. The highest BCUT2D eigenvalue weighted by molar-refractivity contribution is 6.31. The predicted molar refractivity (Wildman–Crippen MR) is 78.2 cm³/mol. The molecule has 4 nitrogen and oxygen atoms in total. The summed E-state index contributed by atoms with van der Waals surface area (Å²) < 4.78 is 13.0. The molecule has 21 heavy (non-hydrogen) atoms. The van der Waals surface area contributed by atoms with Crippen molar-refractivity contribution in [3.8, 4) is 0 Å². The zero-order valence-corrected chi connectivity index (χ0v) is 12.8. The summed E-state index contributed by atoms with van der Waals surface area (Å²) in [7, 11) is 0. The van der Waals surface area contributed by atoms with Gasteiger partial charge in [0.25, 0.3) is 0 Å². The Morgan fingerprint density at radius 3 is 2.76 bits per heavy atom. The van der Waals surface area contributed by atoms with Crippen molar-refractivity contribution in [3.63, 3.8) is 0 Å². The second-order valence-electron chi connectivity index (χ2n) is 5.68. The Hall–Kier alpha value is -1.62. The van der Waals surface area contributed by atoms with Gasteiger partial charge in [-0.25, -0.2) is 4.39 Å².